The number of carbonyl (C=O) groups is 1. The third kappa shape index (κ3) is 4.80. The first kappa shape index (κ1) is 18.0. The SMILES string of the molecule is CO[C@H](C)CNC(=O)Nc1cc(N)c(C(=N)N2CCOCC2)cn1.[HH].[HH].[HH]. The lowest BCUT2D eigenvalue weighted by molar-refractivity contribution is 0.0680. The Labute approximate surface area is 145 Å². The molecule has 0 spiro atoms. The minimum Gasteiger partial charge on any atom is -0.398 e. The molecule has 0 unspecified atom stereocenters. The van der Waals surface area contributed by atoms with Crippen LogP contribution in [-0.2, 0) is 9.47 Å². The maximum Gasteiger partial charge on any atom is 0.320 e. The van der Waals surface area contributed by atoms with Gasteiger partial charge in [0, 0.05) is 49.0 Å². The first-order valence-electron chi connectivity index (χ1n) is 7.76. The van der Waals surface area contributed by atoms with Crippen LogP contribution in [0.25, 0.3) is 0 Å². The number of hydrogen-bond acceptors (Lipinski definition) is 6. The monoisotopic (exact) mass is 342 g/mol. The molecule has 1 aromatic rings. The Morgan fingerprint density at radius 3 is 2.92 bits per heavy atom. The van der Waals surface area contributed by atoms with E-state index in [2.05, 4.69) is 15.6 Å². The van der Waals surface area contributed by atoms with Crippen molar-refractivity contribution in [2.24, 2.45) is 0 Å². The smallest absolute Gasteiger partial charge is 0.320 e. The van der Waals surface area contributed by atoms with Gasteiger partial charge in [0.1, 0.15) is 11.7 Å². The molecule has 2 amide bonds. The molecule has 1 aliphatic heterocycles. The highest BCUT2D eigenvalue weighted by Crippen LogP contribution is 2.17. The van der Waals surface area contributed by atoms with Gasteiger partial charge in [0.25, 0.3) is 0 Å². The van der Waals surface area contributed by atoms with Crippen molar-refractivity contribution < 1.29 is 18.5 Å². The maximum absolute atomic E-state index is 11.8. The van der Waals surface area contributed by atoms with Gasteiger partial charge in [-0.3, -0.25) is 10.7 Å². The van der Waals surface area contributed by atoms with Gasteiger partial charge in [0.2, 0.25) is 0 Å². The molecular weight excluding hydrogens is 312 g/mol. The van der Waals surface area contributed by atoms with Crippen LogP contribution in [0, 0.1) is 5.41 Å². The number of nitrogens with zero attached hydrogens (tertiary/aromatic N) is 2. The predicted octanol–water partition coefficient (Wildman–Crippen LogP) is 1.22. The van der Waals surface area contributed by atoms with Crippen molar-refractivity contribution in [1.82, 2.24) is 15.2 Å². The van der Waals surface area contributed by atoms with Crippen molar-refractivity contribution in [3.8, 4) is 0 Å². The summed E-state index contributed by atoms with van der Waals surface area (Å²) in [7, 11) is 1.58. The molecule has 9 nitrogen and oxygen atoms in total. The van der Waals surface area contributed by atoms with Crippen molar-refractivity contribution >= 4 is 23.4 Å². The molecule has 2 rings (SSSR count). The number of amides is 2. The highest BCUT2D eigenvalue weighted by Gasteiger charge is 2.18. The Bertz CT molecular complexity index is 602. The lowest BCUT2D eigenvalue weighted by Gasteiger charge is -2.29. The van der Waals surface area contributed by atoms with E-state index in [1.54, 1.807) is 13.2 Å². The average molecular weight is 342 g/mol. The standard InChI is InChI=1S/C15H24N6O3.3H2/c1-10(23-2)8-19-15(22)20-13-7-12(16)11(9-18-13)14(17)21-3-5-24-6-4-21;;;/h7,9-10,17H,3-6,8H2,1-2H3,(H4,16,18,19,20,22);3*1H/t10-;;;/m1.../s1. The topological polar surface area (TPSA) is 126 Å². The second-order valence-electron chi connectivity index (χ2n) is 5.49. The van der Waals surface area contributed by atoms with Gasteiger partial charge in [0.05, 0.1) is 24.9 Å². The van der Waals surface area contributed by atoms with Gasteiger partial charge in [0.15, 0.2) is 0 Å². The number of amidine groups is 1. The second kappa shape index (κ2) is 8.46. The molecule has 0 aromatic carbocycles. The summed E-state index contributed by atoms with van der Waals surface area (Å²) >= 11 is 0. The van der Waals surface area contributed by atoms with Crippen molar-refractivity contribution in [2.75, 3.05) is 51.0 Å². The molecule has 9 heteroatoms. The number of nitrogens with two attached hydrogens (primary N) is 1. The molecule has 2 heterocycles. The van der Waals surface area contributed by atoms with Crippen LogP contribution >= 0.6 is 0 Å². The number of rotatable bonds is 5. The van der Waals surface area contributed by atoms with Crippen LogP contribution in [0.3, 0.4) is 0 Å². The quantitative estimate of drug-likeness (QED) is 0.471. The molecule has 1 atom stereocenters. The van der Waals surface area contributed by atoms with E-state index in [-0.39, 0.29) is 16.4 Å². The number of carbonyl (C=O) groups excluding carboxylic acids is 1. The third-order valence-electron chi connectivity index (χ3n) is 3.71. The summed E-state index contributed by atoms with van der Waals surface area (Å²) in [4.78, 5) is 17.8. The van der Waals surface area contributed by atoms with Gasteiger partial charge in [-0.1, -0.05) is 0 Å². The fourth-order valence-corrected chi connectivity index (χ4v) is 2.17. The second-order valence-corrected chi connectivity index (χ2v) is 5.49. The van der Waals surface area contributed by atoms with E-state index in [1.807, 2.05) is 11.8 Å². The van der Waals surface area contributed by atoms with Crippen molar-refractivity contribution in [1.29, 1.82) is 5.41 Å². The lowest BCUT2D eigenvalue weighted by atomic mass is 10.2. The van der Waals surface area contributed by atoms with Crippen LogP contribution in [-0.4, -0.2) is 67.8 Å². The number of ether oxygens (including phenoxy) is 2. The number of nitrogen functional groups attached to an aromatic ring is 1. The Kier molecular flexibility index (Phi) is 6.33. The highest BCUT2D eigenvalue weighted by atomic mass is 16.5. The molecular formula is C15H30N6O3. The van der Waals surface area contributed by atoms with E-state index in [4.69, 9.17) is 20.6 Å². The van der Waals surface area contributed by atoms with Crippen LogP contribution in [0.2, 0.25) is 0 Å². The molecule has 1 aromatic heterocycles. The summed E-state index contributed by atoms with van der Waals surface area (Å²) in [5.74, 6) is 0.641. The maximum atomic E-state index is 11.8. The Morgan fingerprint density at radius 2 is 2.29 bits per heavy atom. The molecule has 0 bridgehead atoms. The third-order valence-corrected chi connectivity index (χ3v) is 3.71. The molecule has 0 radical (unpaired) electrons. The zero-order valence-corrected chi connectivity index (χ0v) is 14.0. The van der Waals surface area contributed by atoms with Crippen LogP contribution in [0.15, 0.2) is 12.3 Å². The molecule has 0 saturated carbocycles. The first-order chi connectivity index (χ1) is 11.5. The summed E-state index contributed by atoms with van der Waals surface area (Å²) in [6.07, 6.45) is 1.42. The van der Waals surface area contributed by atoms with Gasteiger partial charge in [-0.2, -0.15) is 0 Å². The largest absolute Gasteiger partial charge is 0.398 e. The molecule has 138 valence electrons. The van der Waals surface area contributed by atoms with Gasteiger partial charge >= 0.3 is 6.03 Å². The Morgan fingerprint density at radius 1 is 1.58 bits per heavy atom. The number of morpholine rings is 1. The minimum absolute atomic E-state index is 0. The number of pyridine rings is 1. The molecule has 0 aliphatic carbocycles. The molecule has 5 N–H and O–H groups in total. The summed E-state index contributed by atoms with van der Waals surface area (Å²) in [6, 6.07) is 1.16. The number of aromatic nitrogens is 1. The molecule has 1 saturated heterocycles. The average Bonchev–Trinajstić information content (AvgIpc) is 2.60. The number of methoxy groups -OCH3 is 1. The molecule has 1 aliphatic rings. The summed E-state index contributed by atoms with van der Waals surface area (Å²) in [6.45, 7) is 4.72. The number of nitrogens with one attached hydrogen (secondary N) is 3. The molecule has 24 heavy (non-hydrogen) atoms. The van der Waals surface area contributed by atoms with Gasteiger partial charge in [-0.15, -0.1) is 0 Å². The van der Waals surface area contributed by atoms with Crippen LogP contribution < -0.4 is 16.4 Å². The zero-order chi connectivity index (χ0) is 17.5. The van der Waals surface area contributed by atoms with E-state index in [0.717, 1.165) is 0 Å². The summed E-state index contributed by atoms with van der Waals surface area (Å²) in [5, 5.41) is 13.5. The van der Waals surface area contributed by atoms with E-state index in [9.17, 15) is 4.79 Å². The van der Waals surface area contributed by atoms with Crippen molar-refractivity contribution in [2.45, 2.75) is 13.0 Å². The zero-order valence-electron chi connectivity index (χ0n) is 14.0. The van der Waals surface area contributed by atoms with E-state index >= 15 is 0 Å². The van der Waals surface area contributed by atoms with E-state index in [0.29, 0.717) is 55.8 Å². The Balaban J connectivity index is 0. The van der Waals surface area contributed by atoms with Crippen LogP contribution in [0.5, 0.6) is 0 Å². The fraction of sp³-hybridized carbons (Fsp3) is 0.533. The minimum atomic E-state index is -0.387. The van der Waals surface area contributed by atoms with E-state index < -0.39 is 0 Å². The number of urea groups is 1. The van der Waals surface area contributed by atoms with Crippen molar-refractivity contribution in [3.05, 3.63) is 17.8 Å². The first-order valence-corrected chi connectivity index (χ1v) is 7.76. The highest BCUT2D eigenvalue weighted by molar-refractivity contribution is 6.01. The molecule has 1 fully saturated rings. The normalized spacial score (nSPS) is 15.7. The summed E-state index contributed by atoms with van der Waals surface area (Å²) < 4.78 is 10.3. The van der Waals surface area contributed by atoms with Crippen molar-refractivity contribution in [3.63, 3.8) is 0 Å². The lowest BCUT2D eigenvalue weighted by Crippen LogP contribution is -2.41. The predicted molar refractivity (Wildman–Crippen MR) is 97.7 cm³/mol. The van der Waals surface area contributed by atoms with Gasteiger partial charge < -0.3 is 25.4 Å². The van der Waals surface area contributed by atoms with Gasteiger partial charge in [-0.25, -0.2) is 9.78 Å². The van der Waals surface area contributed by atoms with Crippen LogP contribution in [0.1, 0.15) is 16.8 Å². The Hall–Kier alpha value is -2.39. The van der Waals surface area contributed by atoms with Crippen LogP contribution in [0.4, 0.5) is 16.3 Å². The number of anilines is 2. The summed E-state index contributed by atoms with van der Waals surface area (Å²) in [5.41, 5.74) is 6.95. The van der Waals surface area contributed by atoms with Gasteiger partial charge in [-0.05, 0) is 6.92 Å². The number of hydrogen-bond donors (Lipinski definition) is 4. The fourth-order valence-electron chi connectivity index (χ4n) is 2.17. The van der Waals surface area contributed by atoms with E-state index in [1.165, 1.54) is 6.20 Å².